The van der Waals surface area contributed by atoms with Gasteiger partial charge in [0, 0.05) is 11.8 Å². The van der Waals surface area contributed by atoms with Gasteiger partial charge >= 0.3 is 11.4 Å². The number of para-hydroxylation sites is 1. The summed E-state index contributed by atoms with van der Waals surface area (Å²) in [6, 6.07) is 11.9. The highest BCUT2D eigenvalue weighted by atomic mass is 16.2. The summed E-state index contributed by atoms with van der Waals surface area (Å²) in [6.45, 7) is 0. The number of nitriles is 1. The largest absolute Gasteiger partial charge is 0.352 e. The Morgan fingerprint density at radius 1 is 0.913 bits per heavy atom. The van der Waals surface area contributed by atoms with E-state index in [9.17, 15) is 14.9 Å². The Kier molecular flexibility index (Phi) is 1.36. The van der Waals surface area contributed by atoms with Gasteiger partial charge in [0.15, 0.2) is 0 Å². The molecule has 2 aromatic rings. The quantitative estimate of drug-likeness (QED) is 0.772. The van der Waals surface area contributed by atoms with Crippen molar-refractivity contribution < 1.29 is 0 Å². The fourth-order valence-electron chi connectivity index (χ4n) is 7.16. The van der Waals surface area contributed by atoms with E-state index in [4.69, 9.17) is 0 Å². The molecule has 4 unspecified atom stereocenters. The van der Waals surface area contributed by atoms with Gasteiger partial charge in [0.1, 0.15) is 0 Å². The molecule has 4 fully saturated rings. The molecule has 23 heavy (non-hydrogen) atoms. The Bertz CT molecular complexity index is 1060. The Morgan fingerprint density at radius 2 is 1.52 bits per heavy atom. The summed E-state index contributed by atoms with van der Waals surface area (Å²) >= 11 is 0. The number of hydrogen-bond acceptors (Lipinski definition) is 3. The molecule has 2 bridgehead atoms. The molecule has 0 spiro atoms. The zero-order valence-corrected chi connectivity index (χ0v) is 12.0. The molecule has 1 aromatic carbocycles. The smallest absolute Gasteiger partial charge is 0.245 e. The highest BCUT2D eigenvalue weighted by Crippen LogP contribution is 2.97. The minimum absolute atomic E-state index is 0.0739. The summed E-state index contributed by atoms with van der Waals surface area (Å²) in [7, 11) is 0. The first-order chi connectivity index (χ1) is 11.2. The van der Waals surface area contributed by atoms with Crippen molar-refractivity contribution in [3.05, 3.63) is 51.3 Å². The van der Waals surface area contributed by atoms with Gasteiger partial charge in [-0.1, -0.05) is 18.2 Å². The van der Waals surface area contributed by atoms with Gasteiger partial charge in [0.05, 0.1) is 29.3 Å². The Morgan fingerprint density at radius 3 is 2.13 bits per heavy atom. The van der Waals surface area contributed by atoms with Crippen LogP contribution in [0, 0.1) is 46.3 Å². The first kappa shape index (κ1) is 11.1. The van der Waals surface area contributed by atoms with Crippen molar-refractivity contribution in [2.24, 2.45) is 35.0 Å². The molecule has 6 nitrogen and oxygen atoms in total. The van der Waals surface area contributed by atoms with Gasteiger partial charge in [-0.25, -0.2) is 23.5 Å². The monoisotopic (exact) mass is 304 g/mol. The number of rotatable bonds is 1. The molecular weight excluding hydrogens is 292 g/mol. The van der Waals surface area contributed by atoms with E-state index in [-0.39, 0.29) is 28.9 Å². The SMILES string of the molecule is N#CC12C3[C@H]4C5[C@@H]3[C@@H]1C([C@@H]42)n1c(=O)n(-c2ccccc2)c(=O)n15. The highest BCUT2D eigenvalue weighted by Gasteiger charge is 2.98. The third kappa shape index (κ3) is 0.724. The van der Waals surface area contributed by atoms with E-state index in [1.165, 1.54) is 4.57 Å². The van der Waals surface area contributed by atoms with Gasteiger partial charge in [-0.2, -0.15) is 5.26 Å². The molecule has 0 amide bonds. The lowest BCUT2D eigenvalue weighted by Crippen LogP contribution is -2.96. The van der Waals surface area contributed by atoms with Crippen LogP contribution in [0.3, 0.4) is 0 Å². The lowest BCUT2D eigenvalue weighted by atomic mass is 9.10. The second kappa shape index (κ2) is 2.82. The lowest BCUT2D eigenvalue weighted by molar-refractivity contribution is -0.486. The summed E-state index contributed by atoms with van der Waals surface area (Å²) in [5, 5.41) is 9.58. The molecule has 4 saturated carbocycles. The molecule has 0 N–H and O–H groups in total. The molecule has 112 valence electrons. The standard InChI is InChI=1S/C17H12N4O2/c18-6-17-10-8-11(17)14-12(17)9(10)13(8)20-15(22)19(16(23)21(14)20)7-4-2-1-3-5-7/h1-5,8-14H/t8-,9+,10?,11-,12-,13?,14?,17?/m1/s1. The summed E-state index contributed by atoms with van der Waals surface area (Å²) in [5.41, 5.74) is 0.0235. The van der Waals surface area contributed by atoms with Crippen LogP contribution in [0.15, 0.2) is 39.9 Å². The van der Waals surface area contributed by atoms with Crippen LogP contribution >= 0.6 is 0 Å². The van der Waals surface area contributed by atoms with Crippen LogP contribution in [0.1, 0.15) is 12.1 Å². The second-order valence-corrected chi connectivity index (χ2v) is 7.68. The fraction of sp³-hybridized carbons (Fsp3) is 0.471. The van der Waals surface area contributed by atoms with Crippen molar-refractivity contribution >= 4 is 0 Å². The van der Waals surface area contributed by atoms with E-state index >= 15 is 0 Å². The van der Waals surface area contributed by atoms with Crippen molar-refractivity contribution in [1.29, 1.82) is 5.26 Å². The fourth-order valence-corrected chi connectivity index (χ4v) is 7.16. The van der Waals surface area contributed by atoms with E-state index in [2.05, 4.69) is 6.07 Å². The Hall–Kier alpha value is -2.55. The molecule has 8 atom stereocenters. The maximum Gasteiger partial charge on any atom is 0.352 e. The van der Waals surface area contributed by atoms with E-state index in [0.717, 1.165) is 0 Å². The number of benzene rings is 1. The Labute approximate surface area is 130 Å². The van der Waals surface area contributed by atoms with Gasteiger partial charge in [-0.3, -0.25) is 0 Å². The first-order valence-corrected chi connectivity index (χ1v) is 8.16. The van der Waals surface area contributed by atoms with E-state index in [1.54, 1.807) is 21.5 Å². The Balaban J connectivity index is 1.53. The van der Waals surface area contributed by atoms with Crippen LogP contribution in [-0.2, 0) is 0 Å². The second-order valence-electron chi connectivity index (χ2n) is 7.68. The predicted octanol–water partition coefficient (Wildman–Crippen LogP) is 0.542. The summed E-state index contributed by atoms with van der Waals surface area (Å²) in [4.78, 5) is 25.8. The van der Waals surface area contributed by atoms with Gasteiger partial charge in [-0.05, 0) is 29.9 Å². The van der Waals surface area contributed by atoms with Crippen LogP contribution < -0.4 is 11.4 Å². The molecular formula is C17H12N4O2. The van der Waals surface area contributed by atoms with Gasteiger partial charge in [-0.15, -0.1) is 0 Å². The van der Waals surface area contributed by atoms with E-state index in [1.807, 2.05) is 18.2 Å². The molecule has 1 aromatic heterocycles. The van der Waals surface area contributed by atoms with Gasteiger partial charge < -0.3 is 0 Å². The van der Waals surface area contributed by atoms with Crippen LogP contribution in [-0.4, -0.2) is 13.9 Å². The first-order valence-electron chi connectivity index (χ1n) is 8.16. The topological polar surface area (TPSA) is 72.7 Å². The van der Waals surface area contributed by atoms with E-state index in [0.29, 0.717) is 35.3 Å². The molecule has 6 heteroatoms. The molecule has 2 aliphatic heterocycles. The number of nitrogens with zero attached hydrogens (tertiary/aromatic N) is 4. The average molecular weight is 304 g/mol. The highest BCUT2D eigenvalue weighted by molar-refractivity contribution is 5.48. The van der Waals surface area contributed by atoms with Crippen LogP contribution in [0.5, 0.6) is 0 Å². The third-order valence-electron chi connectivity index (χ3n) is 7.62. The van der Waals surface area contributed by atoms with Crippen LogP contribution in [0.2, 0.25) is 0 Å². The zero-order chi connectivity index (χ0) is 15.2. The maximum absolute atomic E-state index is 12.9. The zero-order valence-electron chi connectivity index (χ0n) is 12.0. The van der Waals surface area contributed by atoms with Crippen LogP contribution in [0.4, 0.5) is 0 Å². The van der Waals surface area contributed by atoms with Crippen molar-refractivity contribution in [2.45, 2.75) is 12.1 Å². The number of hydrogen-bond donors (Lipinski definition) is 0. The van der Waals surface area contributed by atoms with Crippen molar-refractivity contribution in [3.8, 4) is 11.8 Å². The van der Waals surface area contributed by atoms with Gasteiger partial charge in [0.25, 0.3) is 0 Å². The summed E-state index contributed by atoms with van der Waals surface area (Å²) in [5.74, 6) is 2.03. The molecule has 4 aliphatic carbocycles. The van der Waals surface area contributed by atoms with E-state index < -0.39 is 0 Å². The number of aromatic nitrogens is 3. The molecule has 8 rings (SSSR count). The molecule has 0 saturated heterocycles. The third-order valence-corrected chi connectivity index (χ3v) is 7.62. The van der Waals surface area contributed by atoms with Crippen molar-refractivity contribution in [3.63, 3.8) is 0 Å². The minimum Gasteiger partial charge on any atom is -0.245 e. The minimum atomic E-state index is -0.241. The van der Waals surface area contributed by atoms with Crippen LogP contribution in [0.25, 0.3) is 5.69 Å². The molecule has 3 heterocycles. The average Bonchev–Trinajstić information content (AvgIpc) is 2.80. The normalized spacial score (nSPS) is 48.0. The summed E-state index contributed by atoms with van der Waals surface area (Å²) in [6.07, 6.45) is 0. The van der Waals surface area contributed by atoms with Crippen molar-refractivity contribution in [1.82, 2.24) is 13.9 Å². The molecule has 6 aliphatic rings. The van der Waals surface area contributed by atoms with Crippen molar-refractivity contribution in [2.75, 3.05) is 0 Å². The predicted molar refractivity (Wildman–Crippen MR) is 77.9 cm³/mol. The summed E-state index contributed by atoms with van der Waals surface area (Å²) < 4.78 is 4.70. The lowest BCUT2D eigenvalue weighted by Gasteiger charge is -2.94. The molecule has 0 radical (unpaired) electrons. The maximum atomic E-state index is 12.9. The van der Waals surface area contributed by atoms with Gasteiger partial charge in [0.2, 0.25) is 0 Å².